The normalized spacial score (nSPS) is 19.3. The lowest BCUT2D eigenvalue weighted by atomic mass is 9.96. The number of piperazine rings is 1. The van der Waals surface area contributed by atoms with Gasteiger partial charge in [0.25, 0.3) is 10.0 Å². The summed E-state index contributed by atoms with van der Waals surface area (Å²) in [5.74, 6) is -0.325. The SMILES string of the molecule is O=C(C1CCN(S(=O)(=O)c2ccc(Br)s2)CC1)N1CCN(c2ccccc2F)CC1. The van der Waals surface area contributed by atoms with Gasteiger partial charge >= 0.3 is 0 Å². The van der Waals surface area contributed by atoms with E-state index in [0.717, 1.165) is 3.79 Å². The first-order valence-electron chi connectivity index (χ1n) is 9.90. The molecule has 2 saturated heterocycles. The molecule has 2 fully saturated rings. The molecule has 0 N–H and O–H groups in total. The van der Waals surface area contributed by atoms with Crippen molar-refractivity contribution in [1.29, 1.82) is 0 Å². The Hall–Kier alpha value is -1.49. The minimum Gasteiger partial charge on any atom is -0.366 e. The van der Waals surface area contributed by atoms with Crippen molar-refractivity contribution in [2.75, 3.05) is 44.2 Å². The minimum atomic E-state index is -3.50. The largest absolute Gasteiger partial charge is 0.366 e. The van der Waals surface area contributed by atoms with Crippen LogP contribution >= 0.6 is 27.3 Å². The molecule has 1 aromatic heterocycles. The molecule has 3 heterocycles. The van der Waals surface area contributed by atoms with E-state index < -0.39 is 10.0 Å². The van der Waals surface area contributed by atoms with Gasteiger partial charge < -0.3 is 9.80 Å². The van der Waals surface area contributed by atoms with Crippen LogP contribution in [0.2, 0.25) is 0 Å². The first-order chi connectivity index (χ1) is 14.4. The summed E-state index contributed by atoms with van der Waals surface area (Å²) in [6.45, 7) is 2.98. The molecule has 6 nitrogen and oxygen atoms in total. The van der Waals surface area contributed by atoms with Gasteiger partial charge in [-0.25, -0.2) is 12.8 Å². The summed E-state index contributed by atoms with van der Waals surface area (Å²) in [5.41, 5.74) is 0.573. The second kappa shape index (κ2) is 8.94. The highest BCUT2D eigenvalue weighted by atomic mass is 79.9. The highest BCUT2D eigenvalue weighted by molar-refractivity contribution is 9.11. The molecule has 30 heavy (non-hydrogen) atoms. The zero-order valence-corrected chi connectivity index (χ0v) is 19.6. The summed E-state index contributed by atoms with van der Waals surface area (Å²) in [7, 11) is -3.50. The monoisotopic (exact) mass is 515 g/mol. The topological polar surface area (TPSA) is 60.9 Å². The number of carbonyl (C=O) groups is 1. The molecule has 0 atom stereocenters. The van der Waals surface area contributed by atoms with Crippen LogP contribution < -0.4 is 4.90 Å². The van der Waals surface area contributed by atoms with Gasteiger partial charge in [0.15, 0.2) is 0 Å². The van der Waals surface area contributed by atoms with Crippen LogP contribution in [0.15, 0.2) is 44.4 Å². The number of hydrogen-bond donors (Lipinski definition) is 0. The maximum atomic E-state index is 14.0. The Morgan fingerprint density at radius 1 is 1.00 bits per heavy atom. The highest BCUT2D eigenvalue weighted by Crippen LogP contribution is 2.31. The maximum absolute atomic E-state index is 14.0. The van der Waals surface area contributed by atoms with E-state index in [1.165, 1.54) is 21.7 Å². The number of rotatable bonds is 4. The van der Waals surface area contributed by atoms with E-state index in [2.05, 4.69) is 15.9 Å². The molecule has 1 amide bonds. The van der Waals surface area contributed by atoms with Gasteiger partial charge in [-0.1, -0.05) is 12.1 Å². The predicted molar refractivity (Wildman–Crippen MR) is 119 cm³/mol. The van der Waals surface area contributed by atoms with E-state index >= 15 is 0 Å². The zero-order valence-electron chi connectivity index (χ0n) is 16.3. The third-order valence-corrected chi connectivity index (χ3v) is 9.72. The Labute approximate surface area is 188 Å². The fourth-order valence-electron chi connectivity index (χ4n) is 4.04. The molecule has 0 spiro atoms. The molecule has 162 valence electrons. The van der Waals surface area contributed by atoms with Crippen LogP contribution in [-0.2, 0) is 14.8 Å². The lowest BCUT2D eigenvalue weighted by Crippen LogP contribution is -2.52. The number of nitrogens with zero attached hydrogens (tertiary/aromatic N) is 3. The van der Waals surface area contributed by atoms with E-state index in [1.807, 2.05) is 15.9 Å². The van der Waals surface area contributed by atoms with Crippen LogP contribution in [-0.4, -0.2) is 62.8 Å². The molecule has 0 aliphatic carbocycles. The highest BCUT2D eigenvalue weighted by Gasteiger charge is 2.35. The summed E-state index contributed by atoms with van der Waals surface area (Å²) in [4.78, 5) is 16.8. The number of para-hydroxylation sites is 1. The smallest absolute Gasteiger partial charge is 0.252 e. The quantitative estimate of drug-likeness (QED) is 0.625. The molecule has 0 saturated carbocycles. The molecule has 0 unspecified atom stereocenters. The zero-order chi connectivity index (χ0) is 21.3. The Bertz CT molecular complexity index is 1010. The summed E-state index contributed by atoms with van der Waals surface area (Å²) in [6.07, 6.45) is 1.05. The second-order valence-corrected chi connectivity index (χ2v) is 12.1. The number of thiophene rings is 1. The van der Waals surface area contributed by atoms with Gasteiger partial charge in [0.05, 0.1) is 9.47 Å². The first-order valence-corrected chi connectivity index (χ1v) is 12.9. The molecule has 0 radical (unpaired) electrons. The lowest BCUT2D eigenvalue weighted by molar-refractivity contribution is -0.137. The van der Waals surface area contributed by atoms with Gasteiger partial charge in [0.1, 0.15) is 10.0 Å². The number of carbonyl (C=O) groups excluding carboxylic acids is 1. The summed E-state index contributed by atoms with van der Waals surface area (Å²) < 4.78 is 42.1. The van der Waals surface area contributed by atoms with E-state index in [9.17, 15) is 17.6 Å². The summed E-state index contributed by atoms with van der Waals surface area (Å²) >= 11 is 4.50. The van der Waals surface area contributed by atoms with Crippen LogP contribution in [0.3, 0.4) is 0 Å². The molecule has 10 heteroatoms. The number of halogens is 2. The average Bonchev–Trinajstić information content (AvgIpc) is 3.21. The van der Waals surface area contributed by atoms with Crippen LogP contribution in [0.5, 0.6) is 0 Å². The molecule has 2 aromatic rings. The van der Waals surface area contributed by atoms with Gasteiger partial charge in [-0.3, -0.25) is 4.79 Å². The van der Waals surface area contributed by atoms with Crippen molar-refractivity contribution in [3.63, 3.8) is 0 Å². The van der Waals surface area contributed by atoms with Gasteiger partial charge in [0.2, 0.25) is 5.91 Å². The maximum Gasteiger partial charge on any atom is 0.252 e. The molecular formula is C20H23BrFN3O3S2. The minimum absolute atomic E-state index is 0.0825. The van der Waals surface area contributed by atoms with Crippen LogP contribution in [0.1, 0.15) is 12.8 Å². The number of amides is 1. The van der Waals surface area contributed by atoms with Crippen molar-refractivity contribution in [1.82, 2.24) is 9.21 Å². The second-order valence-electron chi connectivity index (χ2n) is 7.50. The first kappa shape index (κ1) is 21.7. The van der Waals surface area contributed by atoms with Crippen LogP contribution in [0.4, 0.5) is 10.1 Å². The number of anilines is 1. The molecule has 1 aromatic carbocycles. The number of hydrogen-bond acceptors (Lipinski definition) is 5. The third kappa shape index (κ3) is 4.42. The Balaban J connectivity index is 1.31. The van der Waals surface area contributed by atoms with E-state index in [-0.39, 0.29) is 17.6 Å². The Morgan fingerprint density at radius 3 is 2.27 bits per heavy atom. The lowest BCUT2D eigenvalue weighted by Gasteiger charge is -2.39. The van der Waals surface area contributed by atoms with Crippen LogP contribution in [0.25, 0.3) is 0 Å². The van der Waals surface area contributed by atoms with Crippen molar-refractivity contribution in [3.05, 3.63) is 46.0 Å². The Morgan fingerprint density at radius 2 is 1.67 bits per heavy atom. The number of sulfonamides is 1. The fraction of sp³-hybridized carbons (Fsp3) is 0.450. The third-order valence-electron chi connectivity index (χ3n) is 5.73. The summed E-state index contributed by atoms with van der Waals surface area (Å²) in [5, 5.41) is 0. The van der Waals surface area contributed by atoms with E-state index in [4.69, 9.17) is 0 Å². The van der Waals surface area contributed by atoms with Crippen molar-refractivity contribution >= 4 is 48.9 Å². The van der Waals surface area contributed by atoms with Crippen molar-refractivity contribution < 1.29 is 17.6 Å². The molecule has 4 rings (SSSR count). The van der Waals surface area contributed by atoms with Crippen LogP contribution in [0, 0.1) is 11.7 Å². The number of benzene rings is 1. The Kier molecular flexibility index (Phi) is 6.47. The van der Waals surface area contributed by atoms with Crippen molar-refractivity contribution in [2.24, 2.45) is 5.92 Å². The van der Waals surface area contributed by atoms with Crippen molar-refractivity contribution in [3.8, 4) is 0 Å². The average molecular weight is 516 g/mol. The van der Waals surface area contributed by atoms with E-state index in [1.54, 1.807) is 24.3 Å². The number of piperidine rings is 1. The predicted octanol–water partition coefficient (Wildman–Crippen LogP) is 3.40. The fourth-order valence-corrected chi connectivity index (χ4v) is 7.67. The van der Waals surface area contributed by atoms with Gasteiger partial charge in [-0.15, -0.1) is 11.3 Å². The standard InChI is InChI=1S/C20H23BrFN3O3S2/c21-18-5-6-19(29-18)30(27,28)25-9-7-15(8-10-25)20(26)24-13-11-23(12-14-24)17-4-2-1-3-16(17)22/h1-6,15H,7-14H2. The molecule has 2 aliphatic rings. The van der Waals surface area contributed by atoms with E-state index in [0.29, 0.717) is 62.0 Å². The molecule has 2 aliphatic heterocycles. The molecule has 0 bridgehead atoms. The molecular weight excluding hydrogens is 493 g/mol. The summed E-state index contributed by atoms with van der Waals surface area (Å²) in [6, 6.07) is 10.0. The van der Waals surface area contributed by atoms with Gasteiger partial charge in [-0.05, 0) is 53.0 Å². The van der Waals surface area contributed by atoms with Gasteiger partial charge in [0, 0.05) is 45.2 Å². The van der Waals surface area contributed by atoms with Crippen molar-refractivity contribution in [2.45, 2.75) is 17.1 Å². The van der Waals surface area contributed by atoms with Gasteiger partial charge in [-0.2, -0.15) is 4.31 Å².